The van der Waals surface area contributed by atoms with Crippen LogP contribution in [0.3, 0.4) is 0 Å². The molecule has 3 heteroatoms. The summed E-state index contributed by atoms with van der Waals surface area (Å²) in [6.07, 6.45) is 2.27. The molecule has 0 spiro atoms. The maximum absolute atomic E-state index is 5.79. The van der Waals surface area contributed by atoms with Gasteiger partial charge in [-0.1, -0.05) is 19.4 Å². The first-order valence-corrected chi connectivity index (χ1v) is 5.94. The Morgan fingerprint density at radius 2 is 2.00 bits per heavy atom. The smallest absolute Gasteiger partial charge is 0.161 e. The minimum absolute atomic E-state index is 0.431. The Hall–Kier alpha value is -1.22. The van der Waals surface area contributed by atoms with Gasteiger partial charge in [0.05, 0.1) is 0 Å². The number of hydrogen-bond acceptors (Lipinski definition) is 3. The second kappa shape index (κ2) is 5.21. The van der Waals surface area contributed by atoms with Crippen LogP contribution in [0, 0.1) is 0 Å². The van der Waals surface area contributed by atoms with Crippen LogP contribution >= 0.6 is 0 Å². The van der Waals surface area contributed by atoms with Crippen molar-refractivity contribution >= 4 is 0 Å². The molecule has 3 nitrogen and oxygen atoms in total. The van der Waals surface area contributed by atoms with Gasteiger partial charge in [-0.25, -0.2) is 0 Å². The highest BCUT2D eigenvalue weighted by atomic mass is 16.6. The maximum atomic E-state index is 5.79. The molecule has 2 rings (SSSR count). The molecular weight excluding hydrogens is 202 g/mol. The Kier molecular flexibility index (Phi) is 3.67. The van der Waals surface area contributed by atoms with E-state index in [1.807, 2.05) is 6.07 Å². The number of hydrogen-bond donors (Lipinski definition) is 1. The van der Waals surface area contributed by atoms with Gasteiger partial charge in [0.1, 0.15) is 13.2 Å². The molecule has 1 aliphatic rings. The van der Waals surface area contributed by atoms with Gasteiger partial charge in [-0.2, -0.15) is 0 Å². The third kappa shape index (κ3) is 2.30. The van der Waals surface area contributed by atoms with Crippen LogP contribution in [-0.2, 0) is 0 Å². The summed E-state index contributed by atoms with van der Waals surface area (Å²) in [4.78, 5) is 0. The highest BCUT2D eigenvalue weighted by molar-refractivity contribution is 5.44. The Morgan fingerprint density at radius 1 is 1.25 bits per heavy atom. The van der Waals surface area contributed by atoms with E-state index in [9.17, 15) is 0 Å². The molecule has 0 aromatic heterocycles. The first-order valence-electron chi connectivity index (χ1n) is 5.94. The molecule has 0 aliphatic carbocycles. The van der Waals surface area contributed by atoms with Crippen LogP contribution in [-0.4, -0.2) is 19.8 Å². The largest absolute Gasteiger partial charge is 0.486 e. The molecule has 1 aromatic rings. The van der Waals surface area contributed by atoms with Crippen LogP contribution in [0.2, 0.25) is 0 Å². The van der Waals surface area contributed by atoms with Crippen molar-refractivity contribution in [3.05, 3.63) is 23.8 Å². The van der Waals surface area contributed by atoms with Crippen molar-refractivity contribution in [3.63, 3.8) is 0 Å². The summed E-state index contributed by atoms with van der Waals surface area (Å²) >= 11 is 0. The van der Waals surface area contributed by atoms with E-state index in [1.165, 1.54) is 5.56 Å². The van der Waals surface area contributed by atoms with Gasteiger partial charge >= 0.3 is 0 Å². The van der Waals surface area contributed by atoms with Crippen molar-refractivity contribution in [2.75, 3.05) is 19.8 Å². The number of rotatable bonds is 4. The van der Waals surface area contributed by atoms with Crippen molar-refractivity contribution in [3.8, 4) is 11.5 Å². The Morgan fingerprint density at radius 3 is 2.69 bits per heavy atom. The van der Waals surface area contributed by atoms with Crippen LogP contribution in [0.1, 0.15) is 31.2 Å². The minimum Gasteiger partial charge on any atom is -0.486 e. The second-order valence-electron chi connectivity index (χ2n) is 4.12. The zero-order valence-corrected chi connectivity index (χ0v) is 9.74. The highest BCUT2D eigenvalue weighted by Crippen LogP contribution is 2.33. The lowest BCUT2D eigenvalue weighted by Crippen LogP contribution is -2.17. The second-order valence-corrected chi connectivity index (χ2v) is 4.12. The molecule has 1 aromatic carbocycles. The van der Waals surface area contributed by atoms with Crippen molar-refractivity contribution < 1.29 is 9.47 Å². The van der Waals surface area contributed by atoms with Crippen LogP contribution in [0.5, 0.6) is 11.5 Å². The normalized spacial score (nSPS) is 15.9. The van der Waals surface area contributed by atoms with Crippen LogP contribution < -0.4 is 15.2 Å². The van der Waals surface area contributed by atoms with Gasteiger partial charge < -0.3 is 15.2 Å². The van der Waals surface area contributed by atoms with E-state index in [0.717, 1.165) is 24.3 Å². The molecule has 1 atom stereocenters. The van der Waals surface area contributed by atoms with Gasteiger partial charge in [0, 0.05) is 0 Å². The Bertz CT molecular complexity index is 352. The Labute approximate surface area is 96.5 Å². The SMILES string of the molecule is CCCC(CN)c1ccc2c(c1)OCCO2. The molecule has 16 heavy (non-hydrogen) atoms. The zero-order valence-electron chi connectivity index (χ0n) is 9.74. The highest BCUT2D eigenvalue weighted by Gasteiger charge is 2.15. The van der Waals surface area contributed by atoms with Crippen LogP contribution in [0.4, 0.5) is 0 Å². The molecular formula is C13H19NO2. The fourth-order valence-corrected chi connectivity index (χ4v) is 2.08. The van der Waals surface area contributed by atoms with Crippen LogP contribution in [0.25, 0.3) is 0 Å². The van der Waals surface area contributed by atoms with Gasteiger partial charge in [-0.15, -0.1) is 0 Å². The van der Waals surface area contributed by atoms with E-state index in [0.29, 0.717) is 25.7 Å². The lowest BCUT2D eigenvalue weighted by molar-refractivity contribution is 0.171. The monoisotopic (exact) mass is 221 g/mol. The maximum Gasteiger partial charge on any atom is 0.161 e. The summed E-state index contributed by atoms with van der Waals surface area (Å²) in [7, 11) is 0. The molecule has 0 amide bonds. The van der Waals surface area contributed by atoms with E-state index in [4.69, 9.17) is 15.2 Å². The summed E-state index contributed by atoms with van der Waals surface area (Å²) in [5, 5.41) is 0. The number of ether oxygens (including phenoxy) is 2. The quantitative estimate of drug-likeness (QED) is 0.848. The molecule has 1 unspecified atom stereocenters. The topological polar surface area (TPSA) is 44.5 Å². The van der Waals surface area contributed by atoms with Crippen molar-refractivity contribution in [1.29, 1.82) is 0 Å². The van der Waals surface area contributed by atoms with Gasteiger partial charge in [-0.05, 0) is 36.6 Å². The fraction of sp³-hybridized carbons (Fsp3) is 0.538. The van der Waals surface area contributed by atoms with Crippen molar-refractivity contribution in [2.24, 2.45) is 5.73 Å². The van der Waals surface area contributed by atoms with Gasteiger partial charge in [0.2, 0.25) is 0 Å². The Balaban J connectivity index is 2.21. The molecule has 0 saturated heterocycles. The van der Waals surface area contributed by atoms with Gasteiger partial charge in [-0.3, -0.25) is 0 Å². The van der Waals surface area contributed by atoms with E-state index in [-0.39, 0.29) is 0 Å². The average molecular weight is 221 g/mol. The number of nitrogens with two attached hydrogens (primary N) is 1. The van der Waals surface area contributed by atoms with Gasteiger partial charge in [0.15, 0.2) is 11.5 Å². The van der Waals surface area contributed by atoms with Crippen LogP contribution in [0.15, 0.2) is 18.2 Å². The standard InChI is InChI=1S/C13H19NO2/c1-2-3-11(9-14)10-4-5-12-13(8-10)16-7-6-15-12/h4-5,8,11H,2-3,6-7,9,14H2,1H3. The average Bonchev–Trinajstić information content (AvgIpc) is 2.35. The van der Waals surface area contributed by atoms with Gasteiger partial charge in [0.25, 0.3) is 0 Å². The third-order valence-corrected chi connectivity index (χ3v) is 2.96. The molecule has 0 saturated carbocycles. The summed E-state index contributed by atoms with van der Waals surface area (Å²) in [5.74, 6) is 2.14. The summed E-state index contributed by atoms with van der Waals surface area (Å²) in [6, 6.07) is 6.16. The van der Waals surface area contributed by atoms with E-state index in [2.05, 4.69) is 19.1 Å². The van der Waals surface area contributed by atoms with E-state index < -0.39 is 0 Å². The minimum atomic E-state index is 0.431. The third-order valence-electron chi connectivity index (χ3n) is 2.96. The number of fused-ring (bicyclic) bond motifs is 1. The predicted molar refractivity (Wildman–Crippen MR) is 64.1 cm³/mol. The first-order chi connectivity index (χ1) is 7.85. The summed E-state index contributed by atoms with van der Waals surface area (Å²) < 4.78 is 11.1. The molecule has 2 N–H and O–H groups in total. The predicted octanol–water partition coefficient (Wildman–Crippen LogP) is 2.30. The zero-order chi connectivity index (χ0) is 11.4. The molecule has 1 heterocycles. The number of benzene rings is 1. The first kappa shape index (κ1) is 11.3. The lowest BCUT2D eigenvalue weighted by atomic mass is 9.94. The van der Waals surface area contributed by atoms with E-state index >= 15 is 0 Å². The molecule has 88 valence electrons. The summed E-state index contributed by atoms with van der Waals surface area (Å²) in [5.41, 5.74) is 7.05. The summed E-state index contributed by atoms with van der Waals surface area (Å²) in [6.45, 7) is 4.15. The molecule has 0 radical (unpaired) electrons. The lowest BCUT2D eigenvalue weighted by Gasteiger charge is -2.21. The van der Waals surface area contributed by atoms with E-state index in [1.54, 1.807) is 0 Å². The molecule has 1 aliphatic heterocycles. The molecule has 0 fully saturated rings. The van der Waals surface area contributed by atoms with Crippen molar-refractivity contribution in [2.45, 2.75) is 25.7 Å². The van der Waals surface area contributed by atoms with Crippen molar-refractivity contribution in [1.82, 2.24) is 0 Å². The fourth-order valence-electron chi connectivity index (χ4n) is 2.08. The molecule has 0 bridgehead atoms.